The van der Waals surface area contributed by atoms with E-state index in [1.165, 1.54) is 14.2 Å². The summed E-state index contributed by atoms with van der Waals surface area (Å²) in [5, 5.41) is 18.9. The molecular weight excluding hydrogens is 412 g/mol. The lowest BCUT2D eigenvalue weighted by Gasteiger charge is -2.16. The second-order valence-electron chi connectivity index (χ2n) is 6.91. The van der Waals surface area contributed by atoms with E-state index in [0.717, 1.165) is 11.1 Å². The smallest absolute Gasteiger partial charge is 0.314 e. The van der Waals surface area contributed by atoms with E-state index in [2.05, 4.69) is 21.3 Å². The van der Waals surface area contributed by atoms with Crippen molar-refractivity contribution < 1.29 is 19.1 Å². The van der Waals surface area contributed by atoms with Crippen molar-refractivity contribution in [1.82, 2.24) is 16.0 Å². The number of carbonyl (C=O) groups is 2. The average Bonchev–Trinajstić information content (AvgIpc) is 2.80. The minimum atomic E-state index is -0.288. The number of nitrogens with two attached hydrogens (primary N) is 1. The van der Waals surface area contributed by atoms with Gasteiger partial charge in [-0.25, -0.2) is 4.79 Å². The summed E-state index contributed by atoms with van der Waals surface area (Å²) in [4.78, 5) is 24.1. The molecule has 0 bridgehead atoms. The van der Waals surface area contributed by atoms with E-state index in [1.807, 2.05) is 6.92 Å². The fourth-order valence-electron chi connectivity index (χ4n) is 3.02. The van der Waals surface area contributed by atoms with Crippen molar-refractivity contribution in [3.05, 3.63) is 52.6 Å². The summed E-state index contributed by atoms with van der Waals surface area (Å²) in [6.45, 7) is 2.93. The molecule has 10 nitrogen and oxygen atoms in total. The number of rotatable bonds is 10. The Morgan fingerprint density at radius 1 is 1.00 bits per heavy atom. The molecule has 0 aliphatic heterocycles. The van der Waals surface area contributed by atoms with E-state index >= 15 is 0 Å². The number of amides is 3. The number of carbonyl (C=O) groups excluding carboxylic acids is 2. The normalized spacial score (nSPS) is 10.1. The highest BCUT2D eigenvalue weighted by molar-refractivity contribution is 5.96. The Balaban J connectivity index is 2.15. The van der Waals surface area contributed by atoms with Crippen molar-refractivity contribution in [1.29, 1.82) is 5.41 Å². The summed E-state index contributed by atoms with van der Waals surface area (Å²) in [7, 11) is 4.62. The van der Waals surface area contributed by atoms with Crippen LogP contribution in [-0.2, 0) is 6.54 Å². The highest BCUT2D eigenvalue weighted by atomic mass is 16.5. The Morgan fingerprint density at radius 2 is 1.66 bits per heavy atom. The van der Waals surface area contributed by atoms with Crippen molar-refractivity contribution in [3.8, 4) is 11.5 Å². The fourth-order valence-corrected chi connectivity index (χ4v) is 3.02. The SMILES string of the molecule is CNC(=O)NCCNc1cc(C(=N)N)ccc1CNC(=O)c1cc(OC)c(C)c(OC)c1. The molecule has 7 N–H and O–H groups in total. The van der Waals surface area contributed by atoms with Crippen LogP contribution in [0.4, 0.5) is 10.5 Å². The van der Waals surface area contributed by atoms with Gasteiger partial charge in [-0.1, -0.05) is 12.1 Å². The van der Waals surface area contributed by atoms with Crippen LogP contribution in [0.3, 0.4) is 0 Å². The third-order valence-corrected chi connectivity index (χ3v) is 4.83. The molecule has 2 aromatic rings. The van der Waals surface area contributed by atoms with Crippen LogP contribution in [-0.4, -0.2) is 52.1 Å². The van der Waals surface area contributed by atoms with Gasteiger partial charge in [0.1, 0.15) is 17.3 Å². The molecule has 10 heteroatoms. The molecule has 0 aliphatic carbocycles. The number of nitrogen functional groups attached to an aromatic ring is 1. The van der Waals surface area contributed by atoms with Gasteiger partial charge < -0.3 is 36.5 Å². The number of hydrogen-bond donors (Lipinski definition) is 6. The molecule has 0 aliphatic rings. The first-order chi connectivity index (χ1) is 15.3. The molecular formula is C22H30N6O4. The predicted molar refractivity (Wildman–Crippen MR) is 124 cm³/mol. The van der Waals surface area contributed by atoms with Gasteiger partial charge in [0.25, 0.3) is 5.91 Å². The lowest BCUT2D eigenvalue weighted by Crippen LogP contribution is -2.35. The Morgan fingerprint density at radius 3 is 2.22 bits per heavy atom. The number of nitrogens with one attached hydrogen (secondary N) is 5. The van der Waals surface area contributed by atoms with Gasteiger partial charge in [0.15, 0.2) is 0 Å². The molecule has 0 heterocycles. The minimum absolute atomic E-state index is 0.0639. The molecule has 2 rings (SSSR count). The molecule has 0 saturated heterocycles. The number of benzene rings is 2. The Kier molecular flexibility index (Phi) is 8.70. The standard InChI is InChI=1S/C22H30N6O4/c1-13-18(31-3)10-16(11-19(13)32-4)21(29)28-12-15-6-5-14(20(23)24)9-17(15)26-7-8-27-22(30)25-2/h5-6,9-11,26H,7-8,12H2,1-4H3,(H3,23,24)(H,28,29)(H2,25,27,30). The molecule has 0 spiro atoms. The molecule has 0 radical (unpaired) electrons. The van der Waals surface area contributed by atoms with Gasteiger partial charge >= 0.3 is 6.03 Å². The summed E-state index contributed by atoms with van der Waals surface area (Å²) < 4.78 is 10.7. The number of urea groups is 1. The first kappa shape index (κ1) is 24.3. The van der Waals surface area contributed by atoms with E-state index in [1.54, 1.807) is 37.4 Å². The van der Waals surface area contributed by atoms with Crippen molar-refractivity contribution in [2.24, 2.45) is 5.73 Å². The van der Waals surface area contributed by atoms with Crippen LogP contribution in [0.5, 0.6) is 11.5 Å². The first-order valence-corrected chi connectivity index (χ1v) is 9.98. The zero-order chi connectivity index (χ0) is 23.7. The van der Waals surface area contributed by atoms with Gasteiger partial charge in [0.2, 0.25) is 0 Å². The van der Waals surface area contributed by atoms with Crippen LogP contribution in [0.25, 0.3) is 0 Å². The predicted octanol–water partition coefficient (Wildman–Crippen LogP) is 1.57. The number of anilines is 1. The van der Waals surface area contributed by atoms with Gasteiger partial charge in [-0.15, -0.1) is 0 Å². The minimum Gasteiger partial charge on any atom is -0.496 e. The summed E-state index contributed by atoms with van der Waals surface area (Å²) in [6, 6.07) is 8.30. The zero-order valence-corrected chi connectivity index (χ0v) is 18.7. The monoisotopic (exact) mass is 442 g/mol. The van der Waals surface area contributed by atoms with Crippen molar-refractivity contribution in [2.75, 3.05) is 39.7 Å². The molecule has 0 unspecified atom stereocenters. The highest BCUT2D eigenvalue weighted by Crippen LogP contribution is 2.29. The second kappa shape index (κ2) is 11.4. The van der Waals surface area contributed by atoms with E-state index in [0.29, 0.717) is 41.4 Å². The first-order valence-electron chi connectivity index (χ1n) is 9.98. The number of hydrogen-bond acceptors (Lipinski definition) is 6. The maximum atomic E-state index is 12.8. The Hall–Kier alpha value is -3.95. The highest BCUT2D eigenvalue weighted by Gasteiger charge is 2.14. The van der Waals surface area contributed by atoms with Crippen LogP contribution in [0, 0.1) is 12.3 Å². The lowest BCUT2D eigenvalue weighted by atomic mass is 10.1. The molecule has 2 aromatic carbocycles. The van der Waals surface area contributed by atoms with Crippen molar-refractivity contribution in [2.45, 2.75) is 13.5 Å². The van der Waals surface area contributed by atoms with Crippen LogP contribution in [0.15, 0.2) is 30.3 Å². The van der Waals surface area contributed by atoms with Crippen LogP contribution in [0.1, 0.15) is 27.0 Å². The van der Waals surface area contributed by atoms with Gasteiger partial charge in [0, 0.05) is 49.1 Å². The third-order valence-electron chi connectivity index (χ3n) is 4.83. The van der Waals surface area contributed by atoms with Crippen LogP contribution < -0.4 is 36.5 Å². The topological polar surface area (TPSA) is 151 Å². The van der Waals surface area contributed by atoms with Crippen molar-refractivity contribution >= 4 is 23.5 Å². The number of amidine groups is 1. The summed E-state index contributed by atoms with van der Waals surface area (Å²) in [6.07, 6.45) is 0. The van der Waals surface area contributed by atoms with E-state index < -0.39 is 0 Å². The van der Waals surface area contributed by atoms with Gasteiger partial charge in [-0.2, -0.15) is 0 Å². The zero-order valence-electron chi connectivity index (χ0n) is 18.7. The van der Waals surface area contributed by atoms with Gasteiger partial charge in [-0.3, -0.25) is 10.2 Å². The molecule has 0 aromatic heterocycles. The van der Waals surface area contributed by atoms with Crippen LogP contribution in [0.2, 0.25) is 0 Å². The van der Waals surface area contributed by atoms with Crippen molar-refractivity contribution in [3.63, 3.8) is 0 Å². The fraction of sp³-hybridized carbons (Fsp3) is 0.318. The lowest BCUT2D eigenvalue weighted by molar-refractivity contribution is 0.0950. The molecule has 32 heavy (non-hydrogen) atoms. The summed E-state index contributed by atoms with van der Waals surface area (Å²) in [5.41, 5.74) is 8.88. The third kappa shape index (κ3) is 6.27. The molecule has 172 valence electrons. The van der Waals surface area contributed by atoms with E-state index in [4.69, 9.17) is 20.6 Å². The van der Waals surface area contributed by atoms with Gasteiger partial charge in [-0.05, 0) is 30.7 Å². The number of methoxy groups -OCH3 is 2. The van der Waals surface area contributed by atoms with E-state index in [9.17, 15) is 9.59 Å². The Bertz CT molecular complexity index is 967. The molecule has 0 atom stereocenters. The van der Waals surface area contributed by atoms with Gasteiger partial charge in [0.05, 0.1) is 14.2 Å². The second-order valence-corrected chi connectivity index (χ2v) is 6.91. The maximum Gasteiger partial charge on any atom is 0.314 e. The molecule has 0 saturated carbocycles. The average molecular weight is 443 g/mol. The maximum absolute atomic E-state index is 12.8. The van der Waals surface area contributed by atoms with Crippen LogP contribution >= 0.6 is 0 Å². The number of ether oxygens (including phenoxy) is 2. The van der Waals surface area contributed by atoms with E-state index in [-0.39, 0.29) is 24.3 Å². The quantitative estimate of drug-likeness (QED) is 0.187. The largest absolute Gasteiger partial charge is 0.496 e. The summed E-state index contributed by atoms with van der Waals surface area (Å²) >= 11 is 0. The Labute approximate surface area is 187 Å². The summed E-state index contributed by atoms with van der Waals surface area (Å²) in [5.74, 6) is 0.771. The molecule has 3 amide bonds. The molecule has 0 fully saturated rings.